The van der Waals surface area contributed by atoms with Gasteiger partial charge in [-0.15, -0.1) is 0 Å². The van der Waals surface area contributed by atoms with E-state index in [1.807, 2.05) is 0 Å². The zero-order valence-electron chi connectivity index (χ0n) is 19.1. The van der Waals surface area contributed by atoms with Gasteiger partial charge in [-0.1, -0.05) is 35.3 Å². The van der Waals surface area contributed by atoms with E-state index in [4.69, 9.17) is 32.8 Å². The lowest BCUT2D eigenvalue weighted by Crippen LogP contribution is -2.48. The summed E-state index contributed by atoms with van der Waals surface area (Å²) < 4.78 is 48.1. The fraction of sp³-hybridized carbons (Fsp3) is 0.304. The topological polar surface area (TPSA) is 79.9 Å². The minimum atomic E-state index is -4.88. The lowest BCUT2D eigenvalue weighted by molar-refractivity contribution is -0.269. The Morgan fingerprint density at radius 3 is 2.26 bits per heavy atom. The largest absolute Gasteiger partial charge is 0.442 e. The lowest BCUT2D eigenvalue weighted by Gasteiger charge is -2.28. The number of ether oxygens (including phenoxy) is 1. The molecule has 12 heteroatoms. The third-order valence-corrected chi connectivity index (χ3v) is 5.08. The smallest absolute Gasteiger partial charge is 0.434 e. The van der Waals surface area contributed by atoms with Crippen molar-refractivity contribution in [3.8, 4) is 0 Å². The van der Waals surface area contributed by atoms with Crippen LogP contribution in [0, 0.1) is 0 Å². The summed E-state index contributed by atoms with van der Waals surface area (Å²) in [5.41, 5.74) is 0.949. The molecule has 0 aliphatic carbocycles. The third-order valence-electron chi connectivity index (χ3n) is 4.64. The predicted octanol–water partition coefficient (Wildman–Crippen LogP) is 6.12. The van der Waals surface area contributed by atoms with Crippen LogP contribution in [-0.4, -0.2) is 23.8 Å². The number of hydroxylamine groups is 1. The van der Waals surface area contributed by atoms with Gasteiger partial charge in [0.25, 0.3) is 0 Å². The molecule has 2 aromatic carbocycles. The molecule has 1 atom stereocenters. The van der Waals surface area contributed by atoms with Crippen LogP contribution >= 0.6 is 23.2 Å². The number of carbonyl (C=O) groups is 2. The number of benzene rings is 2. The quantitative estimate of drug-likeness (QED) is 0.466. The van der Waals surface area contributed by atoms with Crippen molar-refractivity contribution in [1.82, 2.24) is 10.9 Å². The van der Waals surface area contributed by atoms with Crippen molar-refractivity contribution in [2.45, 2.75) is 45.1 Å². The normalized spacial score (nSPS) is 17.9. The van der Waals surface area contributed by atoms with E-state index >= 15 is 0 Å². The van der Waals surface area contributed by atoms with Gasteiger partial charge >= 0.3 is 12.3 Å². The average Bonchev–Trinajstić information content (AvgIpc) is 3.17. The van der Waals surface area contributed by atoms with Gasteiger partial charge in [0.2, 0.25) is 11.5 Å². The van der Waals surface area contributed by atoms with E-state index < -0.39 is 29.4 Å². The van der Waals surface area contributed by atoms with Gasteiger partial charge in [-0.05, 0) is 57.2 Å². The van der Waals surface area contributed by atoms with Crippen molar-refractivity contribution in [3.63, 3.8) is 0 Å². The van der Waals surface area contributed by atoms with Gasteiger partial charge in [0.05, 0.1) is 11.4 Å². The molecule has 2 aromatic rings. The Morgan fingerprint density at radius 1 is 1.09 bits per heavy atom. The monoisotopic (exact) mass is 531 g/mol. The van der Waals surface area contributed by atoms with E-state index in [-0.39, 0.29) is 32.6 Å². The highest BCUT2D eigenvalue weighted by Gasteiger charge is 2.59. The third kappa shape index (κ3) is 6.01. The summed E-state index contributed by atoms with van der Waals surface area (Å²) in [5, 5.41) is 0.875. The number of halogens is 5. The number of rotatable bonds is 3. The summed E-state index contributed by atoms with van der Waals surface area (Å²) in [5.74, 6) is -0.559. The molecule has 188 valence electrons. The minimum Gasteiger partial charge on any atom is -0.442 e. The van der Waals surface area contributed by atoms with Gasteiger partial charge in [-0.2, -0.15) is 18.2 Å². The van der Waals surface area contributed by atoms with Crippen LogP contribution in [0.5, 0.6) is 0 Å². The molecule has 1 unspecified atom stereocenters. The molecule has 1 heterocycles. The summed E-state index contributed by atoms with van der Waals surface area (Å²) in [4.78, 5) is 29.5. The number of hydrogen-bond donors (Lipinski definition) is 2. The first-order valence-corrected chi connectivity index (χ1v) is 11.0. The molecule has 1 aliphatic heterocycles. The Labute approximate surface area is 209 Å². The van der Waals surface area contributed by atoms with E-state index in [2.05, 4.69) is 10.9 Å². The maximum Gasteiger partial charge on any atom is 0.434 e. The van der Waals surface area contributed by atoms with E-state index in [0.29, 0.717) is 0 Å². The van der Waals surface area contributed by atoms with Gasteiger partial charge in [0.1, 0.15) is 5.60 Å². The van der Waals surface area contributed by atoms with Crippen molar-refractivity contribution >= 4 is 46.6 Å². The van der Waals surface area contributed by atoms with Crippen LogP contribution < -0.4 is 15.9 Å². The fourth-order valence-electron chi connectivity index (χ4n) is 3.25. The molecule has 7 nitrogen and oxygen atoms in total. The van der Waals surface area contributed by atoms with Crippen molar-refractivity contribution in [3.05, 3.63) is 69.7 Å². The molecule has 0 saturated carbocycles. The molecule has 2 N–H and O–H groups in total. The molecular formula is C23H22Cl2F3N3O4. The van der Waals surface area contributed by atoms with Crippen LogP contribution in [0.25, 0.3) is 5.70 Å². The second kappa shape index (κ2) is 9.60. The van der Waals surface area contributed by atoms with Gasteiger partial charge in [-0.3, -0.25) is 20.5 Å². The Hall–Kier alpha value is -2.95. The Bertz CT molecular complexity index is 1160. The second-order valence-electron chi connectivity index (χ2n) is 8.69. The number of amides is 2. The molecule has 35 heavy (non-hydrogen) atoms. The molecule has 0 spiro atoms. The summed E-state index contributed by atoms with van der Waals surface area (Å²) in [6.07, 6.45) is -4.91. The Morgan fingerprint density at radius 2 is 1.71 bits per heavy atom. The predicted molar refractivity (Wildman–Crippen MR) is 125 cm³/mol. The highest BCUT2D eigenvalue weighted by molar-refractivity contribution is 6.34. The first-order chi connectivity index (χ1) is 16.1. The molecule has 0 radical (unpaired) electrons. The second-order valence-corrected chi connectivity index (χ2v) is 9.56. The summed E-state index contributed by atoms with van der Waals surface area (Å²) in [6.45, 7) is 6.15. The van der Waals surface area contributed by atoms with Crippen molar-refractivity contribution in [2.75, 3.05) is 5.01 Å². The first-order valence-electron chi connectivity index (χ1n) is 10.2. The number of nitrogens with one attached hydrogen (secondary N) is 2. The zero-order chi connectivity index (χ0) is 26.2. The SMILES string of the molecule is CC(=O)NN(C(=O)OC(C)(C)C)c1cccc(C2=CC(c3cc(Cl)cc(Cl)c3)(C(F)(F)F)ON2)c1. The number of alkyl halides is 3. The highest BCUT2D eigenvalue weighted by Crippen LogP contribution is 2.48. The van der Waals surface area contributed by atoms with E-state index in [0.717, 1.165) is 23.2 Å². The summed E-state index contributed by atoms with van der Waals surface area (Å²) >= 11 is 11.9. The van der Waals surface area contributed by atoms with Crippen molar-refractivity contribution < 1.29 is 32.3 Å². The minimum absolute atomic E-state index is 0.00637. The van der Waals surface area contributed by atoms with Crippen molar-refractivity contribution in [2.24, 2.45) is 0 Å². The van der Waals surface area contributed by atoms with Crippen LogP contribution in [0.15, 0.2) is 48.5 Å². The Kier molecular flexibility index (Phi) is 7.31. The number of carbonyl (C=O) groups excluding carboxylic acids is 2. The van der Waals surface area contributed by atoms with Crippen LogP contribution in [0.2, 0.25) is 10.0 Å². The molecule has 0 aromatic heterocycles. The molecule has 0 saturated heterocycles. The summed E-state index contributed by atoms with van der Waals surface area (Å²) in [7, 11) is 0. The maximum atomic E-state index is 14.3. The zero-order valence-corrected chi connectivity index (χ0v) is 20.6. The number of hydrogen-bond acceptors (Lipinski definition) is 5. The average molecular weight is 532 g/mol. The maximum absolute atomic E-state index is 14.3. The van der Waals surface area contributed by atoms with Gasteiger partial charge in [0, 0.05) is 28.1 Å². The molecule has 0 bridgehead atoms. The van der Waals surface area contributed by atoms with E-state index in [1.165, 1.54) is 37.3 Å². The van der Waals surface area contributed by atoms with E-state index in [9.17, 15) is 22.8 Å². The van der Waals surface area contributed by atoms with E-state index in [1.54, 1.807) is 20.8 Å². The van der Waals surface area contributed by atoms with Gasteiger partial charge in [0.15, 0.2) is 0 Å². The Balaban J connectivity index is 2.06. The molecular weight excluding hydrogens is 510 g/mol. The highest BCUT2D eigenvalue weighted by atomic mass is 35.5. The first kappa shape index (κ1) is 26.7. The van der Waals surface area contributed by atoms with Crippen LogP contribution in [0.4, 0.5) is 23.7 Å². The van der Waals surface area contributed by atoms with Gasteiger partial charge < -0.3 is 4.74 Å². The fourth-order valence-corrected chi connectivity index (χ4v) is 3.77. The molecule has 0 fully saturated rings. The van der Waals surface area contributed by atoms with Gasteiger partial charge in [-0.25, -0.2) is 4.79 Å². The summed E-state index contributed by atoms with van der Waals surface area (Å²) in [6, 6.07) is 9.40. The molecule has 3 rings (SSSR count). The number of anilines is 1. The number of hydrazine groups is 1. The number of nitrogens with zero attached hydrogens (tertiary/aromatic N) is 1. The van der Waals surface area contributed by atoms with Crippen LogP contribution in [0.1, 0.15) is 38.8 Å². The van der Waals surface area contributed by atoms with Crippen LogP contribution in [-0.2, 0) is 20.0 Å². The molecule has 2 amide bonds. The lowest BCUT2D eigenvalue weighted by atomic mass is 9.91. The van der Waals surface area contributed by atoms with Crippen molar-refractivity contribution in [1.29, 1.82) is 0 Å². The standard InChI is InChI=1S/C23H22Cl2F3N3O4/c1-13(32)29-31(20(33)34-21(2,3)4)18-7-5-6-14(8-18)19-12-22(35-30-19,23(26,27)28)15-9-16(24)11-17(25)10-15/h5-12,30H,1-4H3,(H,29,32). The van der Waals surface area contributed by atoms with Crippen LogP contribution in [0.3, 0.4) is 0 Å². The molecule has 1 aliphatic rings.